The van der Waals surface area contributed by atoms with Crippen molar-refractivity contribution in [1.29, 1.82) is 0 Å². The van der Waals surface area contributed by atoms with E-state index >= 15 is 0 Å². The number of rotatable bonds is 1. The van der Waals surface area contributed by atoms with Gasteiger partial charge in [0.2, 0.25) is 5.91 Å². The molecule has 2 aromatic carbocycles. The highest BCUT2D eigenvalue weighted by molar-refractivity contribution is 5.86. The van der Waals surface area contributed by atoms with E-state index in [4.69, 9.17) is 0 Å². The number of hydrogen-bond donors (Lipinski definition) is 1. The normalized spacial score (nSPS) is 21.8. The predicted molar refractivity (Wildman–Crippen MR) is 102 cm³/mol. The quantitative estimate of drug-likeness (QED) is 0.753. The SMILES string of the molecule is Cl.Cl.O=C1NCCN2C[C@@H](c3ccccc3)c3cc(C(F)(F)F)ccc3[C@@H]12. The van der Waals surface area contributed by atoms with Gasteiger partial charge in [0.05, 0.1) is 5.56 Å². The summed E-state index contributed by atoms with van der Waals surface area (Å²) in [5.41, 5.74) is 1.56. The Morgan fingerprint density at radius 1 is 1.00 bits per heavy atom. The van der Waals surface area contributed by atoms with E-state index in [-0.39, 0.29) is 36.6 Å². The summed E-state index contributed by atoms with van der Waals surface area (Å²) < 4.78 is 39.6. The molecule has 2 aliphatic rings. The first-order valence-corrected chi connectivity index (χ1v) is 8.23. The van der Waals surface area contributed by atoms with Gasteiger partial charge in [0, 0.05) is 25.6 Å². The first kappa shape index (κ1) is 21.5. The lowest BCUT2D eigenvalue weighted by Gasteiger charge is -2.43. The average Bonchev–Trinajstić information content (AvgIpc) is 2.60. The second-order valence-electron chi connectivity index (χ2n) is 6.49. The monoisotopic (exact) mass is 418 g/mol. The molecular formula is C19H19Cl2F3N2O. The molecule has 0 unspecified atom stereocenters. The summed E-state index contributed by atoms with van der Waals surface area (Å²) in [7, 11) is 0. The van der Waals surface area contributed by atoms with Crippen LogP contribution in [0.15, 0.2) is 48.5 Å². The molecule has 2 heterocycles. The third kappa shape index (κ3) is 3.93. The fourth-order valence-electron chi connectivity index (χ4n) is 3.85. The van der Waals surface area contributed by atoms with Gasteiger partial charge in [-0.3, -0.25) is 9.69 Å². The Hall–Kier alpha value is -1.76. The van der Waals surface area contributed by atoms with Gasteiger partial charge < -0.3 is 5.32 Å². The Labute approximate surface area is 167 Å². The maximum atomic E-state index is 13.2. The molecule has 1 fully saturated rings. The van der Waals surface area contributed by atoms with Crippen molar-refractivity contribution in [2.75, 3.05) is 19.6 Å². The minimum atomic E-state index is -4.40. The van der Waals surface area contributed by atoms with Gasteiger partial charge in [-0.15, -0.1) is 24.8 Å². The van der Waals surface area contributed by atoms with Crippen LogP contribution >= 0.6 is 24.8 Å². The number of nitrogens with one attached hydrogen (secondary N) is 1. The van der Waals surface area contributed by atoms with Crippen molar-refractivity contribution < 1.29 is 18.0 Å². The molecule has 0 spiro atoms. The van der Waals surface area contributed by atoms with Crippen molar-refractivity contribution in [2.45, 2.75) is 18.1 Å². The third-order valence-corrected chi connectivity index (χ3v) is 5.01. The first-order chi connectivity index (χ1) is 11.9. The zero-order valence-electron chi connectivity index (χ0n) is 14.2. The molecule has 0 radical (unpaired) electrons. The molecule has 0 aromatic heterocycles. The molecule has 3 nitrogen and oxygen atoms in total. The molecule has 8 heteroatoms. The van der Waals surface area contributed by atoms with E-state index in [0.717, 1.165) is 11.6 Å². The Bertz CT molecular complexity index is 814. The lowest BCUT2D eigenvalue weighted by Crippen LogP contribution is -2.53. The minimum absolute atomic E-state index is 0. The summed E-state index contributed by atoms with van der Waals surface area (Å²) in [6, 6.07) is 12.8. The zero-order chi connectivity index (χ0) is 17.6. The number of alkyl halides is 3. The molecule has 1 amide bonds. The van der Waals surface area contributed by atoms with Crippen molar-refractivity contribution in [3.05, 3.63) is 70.8 Å². The van der Waals surface area contributed by atoms with Crippen molar-refractivity contribution in [1.82, 2.24) is 10.2 Å². The first-order valence-electron chi connectivity index (χ1n) is 8.23. The van der Waals surface area contributed by atoms with E-state index < -0.39 is 17.8 Å². The van der Waals surface area contributed by atoms with Crippen LogP contribution in [0.25, 0.3) is 0 Å². The van der Waals surface area contributed by atoms with Crippen LogP contribution in [-0.4, -0.2) is 30.4 Å². The fourth-order valence-corrected chi connectivity index (χ4v) is 3.85. The van der Waals surface area contributed by atoms with Crippen LogP contribution in [0, 0.1) is 0 Å². The number of amides is 1. The van der Waals surface area contributed by atoms with E-state index in [9.17, 15) is 18.0 Å². The maximum absolute atomic E-state index is 13.2. The summed E-state index contributed by atoms with van der Waals surface area (Å²) >= 11 is 0. The molecule has 2 atom stereocenters. The lowest BCUT2D eigenvalue weighted by molar-refractivity contribution is -0.137. The second-order valence-corrected chi connectivity index (χ2v) is 6.49. The van der Waals surface area contributed by atoms with Crippen LogP contribution in [0.1, 0.15) is 34.2 Å². The molecule has 4 rings (SSSR count). The number of fused-ring (bicyclic) bond motifs is 3. The summed E-state index contributed by atoms with van der Waals surface area (Å²) in [6.45, 7) is 1.80. The topological polar surface area (TPSA) is 32.3 Å². The van der Waals surface area contributed by atoms with Crippen molar-refractivity contribution in [2.24, 2.45) is 0 Å². The largest absolute Gasteiger partial charge is 0.416 e. The number of hydrogen-bond acceptors (Lipinski definition) is 2. The van der Waals surface area contributed by atoms with Crippen molar-refractivity contribution >= 4 is 30.7 Å². The fraction of sp³-hybridized carbons (Fsp3) is 0.316. The van der Waals surface area contributed by atoms with Gasteiger partial charge in [-0.2, -0.15) is 13.2 Å². The molecule has 0 saturated carbocycles. The Balaban J connectivity index is 0.00000131. The van der Waals surface area contributed by atoms with E-state index in [1.165, 1.54) is 12.1 Å². The Kier molecular flexibility index (Phi) is 6.45. The van der Waals surface area contributed by atoms with E-state index in [1.54, 1.807) is 0 Å². The smallest absolute Gasteiger partial charge is 0.353 e. The lowest BCUT2D eigenvalue weighted by atomic mass is 9.79. The molecular weight excluding hydrogens is 400 g/mol. The highest BCUT2D eigenvalue weighted by Gasteiger charge is 2.41. The van der Waals surface area contributed by atoms with Crippen LogP contribution in [0.5, 0.6) is 0 Å². The Morgan fingerprint density at radius 3 is 2.37 bits per heavy atom. The van der Waals surface area contributed by atoms with Gasteiger partial charge in [0.25, 0.3) is 0 Å². The highest BCUT2D eigenvalue weighted by Crippen LogP contribution is 2.42. The van der Waals surface area contributed by atoms with Crippen LogP contribution < -0.4 is 5.32 Å². The van der Waals surface area contributed by atoms with E-state index in [1.807, 2.05) is 30.3 Å². The van der Waals surface area contributed by atoms with Gasteiger partial charge in [-0.1, -0.05) is 36.4 Å². The molecule has 0 aliphatic carbocycles. The number of piperazine rings is 1. The van der Waals surface area contributed by atoms with E-state index in [0.29, 0.717) is 30.8 Å². The van der Waals surface area contributed by atoms with Crippen LogP contribution in [0.3, 0.4) is 0 Å². The molecule has 2 aliphatic heterocycles. The van der Waals surface area contributed by atoms with Gasteiger partial charge in [-0.05, 0) is 28.8 Å². The molecule has 27 heavy (non-hydrogen) atoms. The summed E-state index contributed by atoms with van der Waals surface area (Å²) in [5.74, 6) is -0.320. The highest BCUT2D eigenvalue weighted by atomic mass is 35.5. The van der Waals surface area contributed by atoms with Crippen molar-refractivity contribution in [3.8, 4) is 0 Å². The standard InChI is InChI=1S/C19H17F3N2O.2ClH/c20-19(21,22)13-6-7-14-15(10-13)16(12-4-2-1-3-5-12)11-24-9-8-23-18(25)17(14)24;;/h1-7,10,16-17H,8-9,11H2,(H,23,25);2*1H/t16-,17-;;/m0../s1. The summed E-state index contributed by atoms with van der Waals surface area (Å²) in [4.78, 5) is 14.4. The molecule has 2 aromatic rings. The van der Waals surface area contributed by atoms with Crippen LogP contribution in [0.2, 0.25) is 0 Å². The number of benzene rings is 2. The average molecular weight is 419 g/mol. The molecule has 1 saturated heterocycles. The summed E-state index contributed by atoms with van der Waals surface area (Å²) in [5, 5.41) is 2.82. The van der Waals surface area contributed by atoms with Crippen LogP contribution in [-0.2, 0) is 11.0 Å². The van der Waals surface area contributed by atoms with Gasteiger partial charge in [0.1, 0.15) is 6.04 Å². The van der Waals surface area contributed by atoms with Gasteiger partial charge >= 0.3 is 6.18 Å². The Morgan fingerprint density at radius 2 is 1.70 bits per heavy atom. The van der Waals surface area contributed by atoms with Gasteiger partial charge in [0.15, 0.2) is 0 Å². The van der Waals surface area contributed by atoms with Crippen molar-refractivity contribution in [3.63, 3.8) is 0 Å². The number of halogens is 5. The second kappa shape index (κ2) is 8.09. The molecule has 1 N–H and O–H groups in total. The predicted octanol–water partition coefficient (Wildman–Crippen LogP) is 4.17. The number of carbonyl (C=O) groups is 1. The molecule has 0 bridgehead atoms. The molecule has 146 valence electrons. The number of nitrogens with zero attached hydrogens (tertiary/aromatic N) is 1. The van der Waals surface area contributed by atoms with Crippen LogP contribution in [0.4, 0.5) is 13.2 Å². The van der Waals surface area contributed by atoms with Gasteiger partial charge in [-0.25, -0.2) is 0 Å². The summed E-state index contributed by atoms with van der Waals surface area (Å²) in [6.07, 6.45) is -4.40. The number of carbonyl (C=O) groups excluding carboxylic acids is 1. The maximum Gasteiger partial charge on any atom is 0.416 e. The zero-order valence-corrected chi connectivity index (χ0v) is 15.8. The minimum Gasteiger partial charge on any atom is -0.353 e. The third-order valence-electron chi connectivity index (χ3n) is 5.01. The van der Waals surface area contributed by atoms with E-state index in [2.05, 4.69) is 10.2 Å².